The van der Waals surface area contributed by atoms with Crippen molar-refractivity contribution >= 4 is 12.6 Å². The summed E-state index contributed by atoms with van der Waals surface area (Å²) in [6, 6.07) is 0. The summed E-state index contributed by atoms with van der Waals surface area (Å²) in [5.41, 5.74) is 0.203. The van der Waals surface area contributed by atoms with Crippen LogP contribution >= 0.6 is 12.6 Å². The second-order valence-corrected chi connectivity index (χ2v) is 5.79. The molecule has 3 unspecified atom stereocenters. The maximum absolute atomic E-state index is 9.10. The Hall–Kier alpha value is 0.230. The van der Waals surface area contributed by atoms with E-state index in [1.807, 2.05) is 0 Å². The molecule has 90 valence electrons. The zero-order valence-corrected chi connectivity index (χ0v) is 11.0. The van der Waals surface area contributed by atoms with Crippen LogP contribution in [0.5, 0.6) is 0 Å². The molecular formula is C11H23NO2S. The predicted octanol–water partition coefficient (Wildman–Crippen LogP) is 1.77. The third-order valence-corrected chi connectivity index (χ3v) is 3.87. The monoisotopic (exact) mass is 233 g/mol. The Bertz CT molecular complexity index is 217. The van der Waals surface area contributed by atoms with Gasteiger partial charge in [0.1, 0.15) is 0 Å². The van der Waals surface area contributed by atoms with Crippen LogP contribution in [0.4, 0.5) is 0 Å². The molecule has 0 amide bonds. The lowest BCUT2D eigenvalue weighted by Crippen LogP contribution is -2.46. The molecule has 0 aliphatic carbocycles. The highest BCUT2D eigenvalue weighted by Crippen LogP contribution is 2.34. The zero-order valence-electron chi connectivity index (χ0n) is 10.1. The first kappa shape index (κ1) is 13.3. The molecule has 0 radical (unpaired) electrons. The van der Waals surface area contributed by atoms with Crippen molar-refractivity contribution < 1.29 is 9.84 Å². The SMILES string of the molecule is CCC(C)(CS)CC(C)(C)NC1OC1O. The quantitative estimate of drug-likeness (QED) is 0.484. The summed E-state index contributed by atoms with van der Waals surface area (Å²) in [6.45, 7) is 8.71. The van der Waals surface area contributed by atoms with Crippen molar-refractivity contribution in [2.75, 3.05) is 5.75 Å². The lowest BCUT2D eigenvalue weighted by atomic mass is 9.78. The molecule has 1 rings (SSSR count). The normalized spacial score (nSPS) is 30.0. The van der Waals surface area contributed by atoms with Gasteiger partial charge in [-0.05, 0) is 37.9 Å². The zero-order chi connectivity index (χ0) is 11.7. The van der Waals surface area contributed by atoms with E-state index in [0.29, 0.717) is 0 Å². The van der Waals surface area contributed by atoms with Gasteiger partial charge in [-0.1, -0.05) is 13.8 Å². The number of ether oxygens (including phenoxy) is 1. The minimum absolute atomic E-state index is 0.0321. The number of thiol groups is 1. The second-order valence-electron chi connectivity index (χ2n) is 5.47. The average molecular weight is 233 g/mol. The average Bonchev–Trinajstić information content (AvgIpc) is 2.79. The smallest absolute Gasteiger partial charge is 0.197 e. The lowest BCUT2D eigenvalue weighted by Gasteiger charge is -2.36. The highest BCUT2D eigenvalue weighted by Gasteiger charge is 2.42. The molecule has 1 aliphatic heterocycles. The Morgan fingerprint density at radius 2 is 1.93 bits per heavy atom. The Balaban J connectivity index is 2.46. The van der Waals surface area contributed by atoms with Gasteiger partial charge in [0.25, 0.3) is 0 Å². The molecule has 1 fully saturated rings. The van der Waals surface area contributed by atoms with Crippen molar-refractivity contribution in [1.82, 2.24) is 5.32 Å². The minimum Gasteiger partial charge on any atom is -0.365 e. The fourth-order valence-electron chi connectivity index (χ4n) is 2.01. The third kappa shape index (κ3) is 3.94. The van der Waals surface area contributed by atoms with Gasteiger partial charge in [0.15, 0.2) is 12.5 Å². The summed E-state index contributed by atoms with van der Waals surface area (Å²) in [7, 11) is 0. The number of aliphatic hydroxyl groups excluding tert-OH is 1. The minimum atomic E-state index is -0.617. The van der Waals surface area contributed by atoms with Crippen LogP contribution in [0.15, 0.2) is 0 Å². The van der Waals surface area contributed by atoms with E-state index in [4.69, 9.17) is 9.84 Å². The molecule has 1 heterocycles. The first-order chi connectivity index (χ1) is 6.82. The number of aliphatic hydroxyl groups is 1. The third-order valence-electron chi connectivity index (χ3n) is 3.11. The molecule has 0 aromatic carbocycles. The number of epoxide rings is 1. The van der Waals surface area contributed by atoms with Crippen molar-refractivity contribution in [3.05, 3.63) is 0 Å². The first-order valence-corrected chi connectivity index (χ1v) is 6.17. The second kappa shape index (κ2) is 4.62. The topological polar surface area (TPSA) is 44.8 Å². The largest absolute Gasteiger partial charge is 0.365 e. The van der Waals surface area contributed by atoms with Crippen molar-refractivity contribution in [1.29, 1.82) is 0 Å². The van der Waals surface area contributed by atoms with Crippen LogP contribution in [0.1, 0.15) is 40.5 Å². The van der Waals surface area contributed by atoms with E-state index >= 15 is 0 Å². The molecule has 0 bridgehead atoms. The summed E-state index contributed by atoms with van der Waals surface area (Å²) in [4.78, 5) is 0. The molecule has 0 spiro atoms. The van der Waals surface area contributed by atoms with Gasteiger partial charge < -0.3 is 9.84 Å². The van der Waals surface area contributed by atoms with Crippen LogP contribution in [0, 0.1) is 5.41 Å². The van der Waals surface area contributed by atoms with E-state index in [1.165, 1.54) is 0 Å². The summed E-state index contributed by atoms with van der Waals surface area (Å²) < 4.78 is 4.96. The number of hydrogen-bond donors (Lipinski definition) is 3. The van der Waals surface area contributed by atoms with E-state index in [1.54, 1.807) is 0 Å². The van der Waals surface area contributed by atoms with Gasteiger partial charge in [0.05, 0.1) is 0 Å². The van der Waals surface area contributed by atoms with Crippen molar-refractivity contribution in [3.63, 3.8) is 0 Å². The molecule has 0 saturated carbocycles. The molecule has 4 heteroatoms. The van der Waals surface area contributed by atoms with Crippen LogP contribution < -0.4 is 5.32 Å². The van der Waals surface area contributed by atoms with Crippen LogP contribution in [0.2, 0.25) is 0 Å². The molecular weight excluding hydrogens is 210 g/mol. The van der Waals surface area contributed by atoms with Crippen LogP contribution in [0.3, 0.4) is 0 Å². The van der Waals surface area contributed by atoms with Crippen molar-refractivity contribution in [2.45, 2.75) is 58.6 Å². The molecule has 0 aromatic heterocycles. The number of nitrogens with one attached hydrogen (secondary N) is 1. The Morgan fingerprint density at radius 1 is 1.40 bits per heavy atom. The van der Waals surface area contributed by atoms with Gasteiger partial charge in [-0.25, -0.2) is 0 Å². The van der Waals surface area contributed by atoms with E-state index in [0.717, 1.165) is 18.6 Å². The van der Waals surface area contributed by atoms with Gasteiger partial charge in [-0.2, -0.15) is 12.6 Å². The molecule has 0 aromatic rings. The summed E-state index contributed by atoms with van der Waals surface area (Å²) in [5, 5.41) is 12.4. The Kier molecular flexibility index (Phi) is 4.09. The summed E-state index contributed by atoms with van der Waals surface area (Å²) in [5.74, 6) is 0.878. The highest BCUT2D eigenvalue weighted by molar-refractivity contribution is 7.80. The maximum atomic E-state index is 9.10. The fourth-order valence-corrected chi connectivity index (χ4v) is 2.34. The standard InChI is InChI=1S/C11H23NO2S/c1-5-11(4,7-15)6-10(2,3)12-8-9(13)14-8/h8-9,12-13,15H,5-7H2,1-4H3. The van der Waals surface area contributed by atoms with E-state index in [2.05, 4.69) is 45.6 Å². The Labute approximate surface area is 98.0 Å². The molecule has 1 saturated heterocycles. The van der Waals surface area contributed by atoms with E-state index < -0.39 is 6.29 Å². The van der Waals surface area contributed by atoms with Crippen LogP contribution in [-0.4, -0.2) is 28.9 Å². The van der Waals surface area contributed by atoms with Crippen molar-refractivity contribution in [3.8, 4) is 0 Å². The molecule has 1 aliphatic rings. The number of rotatable bonds is 6. The summed E-state index contributed by atoms with van der Waals surface area (Å²) >= 11 is 4.41. The highest BCUT2D eigenvalue weighted by atomic mass is 32.1. The maximum Gasteiger partial charge on any atom is 0.197 e. The summed E-state index contributed by atoms with van der Waals surface area (Å²) in [6.07, 6.45) is 1.33. The van der Waals surface area contributed by atoms with Gasteiger partial charge in [0.2, 0.25) is 0 Å². The molecule has 3 atom stereocenters. The van der Waals surface area contributed by atoms with Crippen LogP contribution in [0.25, 0.3) is 0 Å². The van der Waals surface area contributed by atoms with Gasteiger partial charge in [-0.15, -0.1) is 0 Å². The van der Waals surface area contributed by atoms with Gasteiger partial charge in [0, 0.05) is 5.54 Å². The lowest BCUT2D eigenvalue weighted by molar-refractivity contribution is 0.154. The van der Waals surface area contributed by atoms with Gasteiger partial charge in [-0.3, -0.25) is 5.32 Å². The van der Waals surface area contributed by atoms with E-state index in [9.17, 15) is 0 Å². The Morgan fingerprint density at radius 3 is 2.27 bits per heavy atom. The molecule has 3 nitrogen and oxygen atoms in total. The molecule has 15 heavy (non-hydrogen) atoms. The first-order valence-electron chi connectivity index (χ1n) is 5.54. The predicted molar refractivity (Wildman–Crippen MR) is 65.0 cm³/mol. The van der Waals surface area contributed by atoms with Crippen molar-refractivity contribution in [2.24, 2.45) is 5.41 Å². The van der Waals surface area contributed by atoms with Gasteiger partial charge >= 0.3 is 0 Å². The fraction of sp³-hybridized carbons (Fsp3) is 1.00. The van der Waals surface area contributed by atoms with Crippen LogP contribution in [-0.2, 0) is 4.74 Å². The van der Waals surface area contributed by atoms with E-state index in [-0.39, 0.29) is 17.2 Å². The number of hydrogen-bond acceptors (Lipinski definition) is 4. The molecule has 2 N–H and O–H groups in total.